The van der Waals surface area contributed by atoms with Crippen LogP contribution in [0.5, 0.6) is 0 Å². The summed E-state index contributed by atoms with van der Waals surface area (Å²) in [5.41, 5.74) is 1.44. The van der Waals surface area contributed by atoms with Crippen LogP contribution in [0, 0.1) is 0 Å². The van der Waals surface area contributed by atoms with Gasteiger partial charge in [0, 0.05) is 18.8 Å². The first-order valence-electron chi connectivity index (χ1n) is 7.27. The van der Waals surface area contributed by atoms with E-state index in [4.69, 9.17) is 9.47 Å². The molecule has 1 saturated heterocycles. The zero-order valence-electron chi connectivity index (χ0n) is 12.4. The van der Waals surface area contributed by atoms with E-state index in [2.05, 4.69) is 25.9 Å². The van der Waals surface area contributed by atoms with E-state index < -0.39 is 5.79 Å². The Bertz CT molecular complexity index is 510. The Morgan fingerprint density at radius 1 is 1.40 bits per heavy atom. The van der Waals surface area contributed by atoms with E-state index in [0.29, 0.717) is 24.8 Å². The van der Waals surface area contributed by atoms with E-state index in [0.717, 1.165) is 31.2 Å². The van der Waals surface area contributed by atoms with E-state index in [1.54, 1.807) is 0 Å². The molecule has 1 spiro atoms. The highest BCUT2D eigenvalue weighted by molar-refractivity contribution is 5.72. The summed E-state index contributed by atoms with van der Waals surface area (Å²) >= 11 is 0. The van der Waals surface area contributed by atoms with Gasteiger partial charge in [0.25, 0.3) is 0 Å². The molecule has 110 valence electrons. The van der Waals surface area contributed by atoms with Crippen LogP contribution >= 0.6 is 0 Å². The monoisotopic (exact) mass is 278 g/mol. The minimum atomic E-state index is -0.391. The van der Waals surface area contributed by atoms with Gasteiger partial charge >= 0.3 is 0 Å². The van der Waals surface area contributed by atoms with Crippen LogP contribution in [0.25, 0.3) is 0 Å². The number of aromatic nitrogens is 2. The van der Waals surface area contributed by atoms with Crippen LogP contribution in [-0.4, -0.2) is 35.1 Å². The summed E-state index contributed by atoms with van der Waals surface area (Å²) in [6, 6.07) is 1.91. The molecule has 2 heterocycles. The van der Waals surface area contributed by atoms with Crippen LogP contribution in [0.1, 0.15) is 62.1 Å². The third kappa shape index (κ3) is 2.29. The SMILES string of the molecule is CC(C)(C)n1nc(C2CCC3(C2)OCCO3)cc1C=O. The predicted octanol–water partition coefficient (Wildman–Crippen LogP) is 2.46. The van der Waals surface area contributed by atoms with E-state index in [9.17, 15) is 4.79 Å². The quantitative estimate of drug-likeness (QED) is 0.780. The van der Waals surface area contributed by atoms with Crippen LogP contribution < -0.4 is 0 Å². The molecule has 1 aromatic rings. The molecule has 20 heavy (non-hydrogen) atoms. The Hall–Kier alpha value is -1.20. The van der Waals surface area contributed by atoms with Gasteiger partial charge in [-0.1, -0.05) is 0 Å². The van der Waals surface area contributed by atoms with E-state index in [1.165, 1.54) is 0 Å². The number of hydrogen-bond acceptors (Lipinski definition) is 4. The van der Waals surface area contributed by atoms with Crippen molar-refractivity contribution >= 4 is 6.29 Å². The fraction of sp³-hybridized carbons (Fsp3) is 0.733. The van der Waals surface area contributed by atoms with Crippen molar-refractivity contribution in [2.45, 2.75) is 57.3 Å². The van der Waals surface area contributed by atoms with Gasteiger partial charge in [0.05, 0.1) is 24.4 Å². The number of carbonyl (C=O) groups excluding carboxylic acids is 1. The topological polar surface area (TPSA) is 53.4 Å². The number of hydrogen-bond donors (Lipinski definition) is 0. The van der Waals surface area contributed by atoms with Crippen molar-refractivity contribution in [3.63, 3.8) is 0 Å². The van der Waals surface area contributed by atoms with E-state index >= 15 is 0 Å². The Kier molecular flexibility index (Phi) is 3.21. The molecule has 5 heteroatoms. The second-order valence-corrected chi connectivity index (χ2v) is 6.74. The summed E-state index contributed by atoms with van der Waals surface area (Å²) in [4.78, 5) is 11.2. The fourth-order valence-corrected chi connectivity index (χ4v) is 3.22. The Balaban J connectivity index is 1.85. The van der Waals surface area contributed by atoms with Gasteiger partial charge in [-0.3, -0.25) is 9.48 Å². The smallest absolute Gasteiger partial charge is 0.169 e. The average Bonchev–Trinajstić information content (AvgIpc) is 3.09. The molecule has 1 unspecified atom stereocenters. The lowest BCUT2D eigenvalue weighted by Gasteiger charge is -2.21. The third-order valence-corrected chi connectivity index (χ3v) is 4.17. The zero-order chi connectivity index (χ0) is 14.4. The number of carbonyl (C=O) groups is 1. The Morgan fingerprint density at radius 2 is 2.10 bits per heavy atom. The lowest BCUT2D eigenvalue weighted by atomic mass is 10.0. The average molecular weight is 278 g/mol. The molecule has 0 amide bonds. The van der Waals surface area contributed by atoms with E-state index in [1.807, 2.05) is 10.7 Å². The highest BCUT2D eigenvalue weighted by atomic mass is 16.7. The van der Waals surface area contributed by atoms with E-state index in [-0.39, 0.29) is 5.54 Å². The van der Waals surface area contributed by atoms with Crippen LogP contribution in [0.3, 0.4) is 0 Å². The molecule has 2 aliphatic rings. The molecule has 0 N–H and O–H groups in total. The number of aldehydes is 1. The van der Waals surface area contributed by atoms with Gasteiger partial charge in [-0.25, -0.2) is 0 Å². The second kappa shape index (κ2) is 4.67. The summed E-state index contributed by atoms with van der Waals surface area (Å²) in [5.74, 6) is -0.0762. The molecule has 1 aliphatic carbocycles. The second-order valence-electron chi connectivity index (χ2n) is 6.74. The van der Waals surface area contributed by atoms with Gasteiger partial charge in [-0.05, 0) is 33.3 Å². The van der Waals surface area contributed by atoms with Gasteiger partial charge in [-0.2, -0.15) is 5.10 Å². The van der Waals surface area contributed by atoms with Crippen molar-refractivity contribution in [1.29, 1.82) is 0 Å². The molecule has 0 radical (unpaired) electrons. The van der Waals surface area contributed by atoms with Crippen LogP contribution in [0.2, 0.25) is 0 Å². The molecule has 1 aliphatic heterocycles. The standard InChI is InChI=1S/C15H22N2O3/c1-14(2,3)17-12(10-18)8-13(16-17)11-4-5-15(9-11)19-6-7-20-15/h8,10-11H,4-7,9H2,1-3H3. The minimum Gasteiger partial charge on any atom is -0.348 e. The van der Waals surface area contributed by atoms with Crippen molar-refractivity contribution in [2.75, 3.05) is 13.2 Å². The molecule has 2 fully saturated rings. The maximum atomic E-state index is 11.2. The number of ether oxygens (including phenoxy) is 2. The molecular formula is C15H22N2O3. The molecule has 0 bridgehead atoms. The van der Waals surface area contributed by atoms with Gasteiger partial charge in [0.15, 0.2) is 12.1 Å². The molecule has 0 aromatic carbocycles. The Morgan fingerprint density at radius 3 is 2.65 bits per heavy atom. The van der Waals surface area contributed by atoms with Crippen LogP contribution in [-0.2, 0) is 15.0 Å². The van der Waals surface area contributed by atoms with Crippen molar-refractivity contribution in [1.82, 2.24) is 9.78 Å². The maximum Gasteiger partial charge on any atom is 0.169 e. The highest BCUT2D eigenvalue weighted by Gasteiger charge is 2.45. The van der Waals surface area contributed by atoms with Crippen molar-refractivity contribution in [3.05, 3.63) is 17.5 Å². The molecule has 3 rings (SSSR count). The van der Waals surface area contributed by atoms with Gasteiger partial charge in [0.1, 0.15) is 5.69 Å². The molecule has 1 saturated carbocycles. The maximum absolute atomic E-state index is 11.2. The first kappa shape index (κ1) is 13.8. The molecule has 1 aromatic heterocycles. The summed E-state index contributed by atoms with van der Waals surface area (Å²) in [7, 11) is 0. The van der Waals surface area contributed by atoms with Gasteiger partial charge in [-0.15, -0.1) is 0 Å². The first-order chi connectivity index (χ1) is 9.43. The van der Waals surface area contributed by atoms with Crippen LogP contribution in [0.4, 0.5) is 0 Å². The lowest BCUT2D eigenvalue weighted by molar-refractivity contribution is -0.151. The minimum absolute atomic E-state index is 0.189. The summed E-state index contributed by atoms with van der Waals surface area (Å²) in [6.45, 7) is 7.52. The van der Waals surface area contributed by atoms with Crippen molar-refractivity contribution in [3.8, 4) is 0 Å². The summed E-state index contributed by atoms with van der Waals surface area (Å²) in [5, 5.41) is 4.66. The van der Waals surface area contributed by atoms with Crippen molar-refractivity contribution in [2.24, 2.45) is 0 Å². The summed E-state index contributed by atoms with van der Waals surface area (Å²) in [6.07, 6.45) is 3.64. The summed E-state index contributed by atoms with van der Waals surface area (Å²) < 4.78 is 13.3. The van der Waals surface area contributed by atoms with Gasteiger partial charge in [0.2, 0.25) is 0 Å². The Labute approximate surface area is 119 Å². The lowest BCUT2D eigenvalue weighted by Crippen LogP contribution is -2.26. The molecular weight excluding hydrogens is 256 g/mol. The first-order valence-corrected chi connectivity index (χ1v) is 7.27. The number of nitrogens with zero attached hydrogens (tertiary/aromatic N) is 2. The highest BCUT2D eigenvalue weighted by Crippen LogP contribution is 2.45. The zero-order valence-corrected chi connectivity index (χ0v) is 12.4. The molecule has 5 nitrogen and oxygen atoms in total. The normalized spacial score (nSPS) is 25.4. The third-order valence-electron chi connectivity index (χ3n) is 4.17. The fourth-order valence-electron chi connectivity index (χ4n) is 3.22. The number of rotatable bonds is 2. The van der Waals surface area contributed by atoms with Crippen molar-refractivity contribution < 1.29 is 14.3 Å². The van der Waals surface area contributed by atoms with Crippen LogP contribution in [0.15, 0.2) is 6.07 Å². The molecule has 1 atom stereocenters. The predicted molar refractivity (Wildman–Crippen MR) is 73.8 cm³/mol. The largest absolute Gasteiger partial charge is 0.348 e. The van der Waals surface area contributed by atoms with Gasteiger partial charge < -0.3 is 9.47 Å².